The van der Waals surface area contributed by atoms with Crippen LogP contribution in [0.15, 0.2) is 28.7 Å². The van der Waals surface area contributed by atoms with Crippen molar-refractivity contribution in [1.29, 1.82) is 0 Å². The summed E-state index contributed by atoms with van der Waals surface area (Å²) in [6, 6.07) is 7.92. The van der Waals surface area contributed by atoms with Crippen LogP contribution in [0.4, 0.5) is 10.1 Å². The standard InChI is InChI=1S/C11H14BrFN2/c12-9-1-3-10(4-2-9)15-6-5-11(13,7-14)8-15/h1-4H,5-8,14H2. The Morgan fingerprint density at radius 1 is 1.40 bits per heavy atom. The molecule has 1 saturated heterocycles. The fourth-order valence-corrected chi connectivity index (χ4v) is 2.14. The van der Waals surface area contributed by atoms with Gasteiger partial charge in [-0.2, -0.15) is 0 Å². The van der Waals surface area contributed by atoms with Gasteiger partial charge in [0.15, 0.2) is 0 Å². The average Bonchev–Trinajstić information content (AvgIpc) is 2.63. The third-order valence-corrected chi connectivity index (χ3v) is 3.39. The average molecular weight is 273 g/mol. The van der Waals surface area contributed by atoms with E-state index in [4.69, 9.17) is 5.73 Å². The minimum atomic E-state index is -1.20. The van der Waals surface area contributed by atoms with E-state index in [-0.39, 0.29) is 6.54 Å². The van der Waals surface area contributed by atoms with Gasteiger partial charge in [-0.3, -0.25) is 0 Å². The molecule has 0 spiro atoms. The van der Waals surface area contributed by atoms with Crippen LogP contribution in [-0.2, 0) is 0 Å². The van der Waals surface area contributed by atoms with E-state index in [0.717, 1.165) is 16.7 Å². The van der Waals surface area contributed by atoms with Crippen LogP contribution in [0.5, 0.6) is 0 Å². The van der Waals surface area contributed by atoms with Crippen LogP contribution in [0.1, 0.15) is 6.42 Å². The minimum absolute atomic E-state index is 0.111. The number of halogens is 2. The van der Waals surface area contributed by atoms with E-state index >= 15 is 0 Å². The first-order valence-corrected chi connectivity index (χ1v) is 5.82. The molecule has 0 amide bonds. The molecule has 2 N–H and O–H groups in total. The van der Waals surface area contributed by atoms with Crippen LogP contribution in [-0.4, -0.2) is 25.3 Å². The van der Waals surface area contributed by atoms with Gasteiger partial charge in [0.1, 0.15) is 5.67 Å². The SMILES string of the molecule is NCC1(F)CCN(c2ccc(Br)cc2)C1. The molecular formula is C11H14BrFN2. The maximum atomic E-state index is 13.9. The molecule has 2 nitrogen and oxygen atoms in total. The maximum absolute atomic E-state index is 13.9. The minimum Gasteiger partial charge on any atom is -0.368 e. The molecule has 0 saturated carbocycles. The van der Waals surface area contributed by atoms with Crippen LogP contribution < -0.4 is 10.6 Å². The van der Waals surface area contributed by atoms with E-state index in [9.17, 15) is 4.39 Å². The molecule has 2 rings (SSSR count). The van der Waals surface area contributed by atoms with Crippen molar-refractivity contribution in [2.75, 3.05) is 24.5 Å². The van der Waals surface area contributed by atoms with E-state index in [1.165, 1.54) is 0 Å². The Bertz CT molecular complexity index is 341. The molecule has 1 unspecified atom stereocenters. The van der Waals surface area contributed by atoms with Crippen LogP contribution in [0.25, 0.3) is 0 Å². The Hall–Kier alpha value is -0.610. The fraction of sp³-hybridized carbons (Fsp3) is 0.455. The number of alkyl halides is 1. The first-order valence-electron chi connectivity index (χ1n) is 5.02. The quantitative estimate of drug-likeness (QED) is 0.896. The molecule has 15 heavy (non-hydrogen) atoms. The van der Waals surface area contributed by atoms with Gasteiger partial charge < -0.3 is 10.6 Å². The van der Waals surface area contributed by atoms with Crippen molar-refractivity contribution in [3.8, 4) is 0 Å². The molecule has 0 bridgehead atoms. The summed E-state index contributed by atoms with van der Waals surface area (Å²) in [6.45, 7) is 1.26. The summed E-state index contributed by atoms with van der Waals surface area (Å²) in [5.41, 5.74) is 5.28. The second-order valence-electron chi connectivity index (χ2n) is 4.00. The second-order valence-corrected chi connectivity index (χ2v) is 4.92. The predicted molar refractivity (Wildman–Crippen MR) is 63.9 cm³/mol. The molecule has 0 radical (unpaired) electrons. The van der Waals surface area contributed by atoms with Gasteiger partial charge in [-0.25, -0.2) is 4.39 Å². The first kappa shape index (κ1) is 10.9. The van der Waals surface area contributed by atoms with Gasteiger partial charge in [0.25, 0.3) is 0 Å². The number of rotatable bonds is 2. The molecular weight excluding hydrogens is 259 g/mol. The number of nitrogens with zero attached hydrogens (tertiary/aromatic N) is 1. The highest BCUT2D eigenvalue weighted by atomic mass is 79.9. The fourth-order valence-electron chi connectivity index (χ4n) is 1.87. The van der Waals surface area contributed by atoms with Gasteiger partial charge in [-0.05, 0) is 24.3 Å². The van der Waals surface area contributed by atoms with E-state index in [2.05, 4.69) is 15.9 Å². The molecule has 1 aromatic carbocycles. The Morgan fingerprint density at radius 3 is 2.60 bits per heavy atom. The van der Waals surface area contributed by atoms with Crippen molar-refractivity contribution >= 4 is 21.6 Å². The number of anilines is 1. The largest absolute Gasteiger partial charge is 0.368 e. The third kappa shape index (κ3) is 2.32. The van der Waals surface area contributed by atoms with Gasteiger partial charge in [0, 0.05) is 29.7 Å². The highest BCUT2D eigenvalue weighted by Crippen LogP contribution is 2.29. The number of benzene rings is 1. The molecule has 1 aliphatic heterocycles. The Morgan fingerprint density at radius 2 is 2.07 bits per heavy atom. The predicted octanol–water partition coefficient (Wildman–Crippen LogP) is 2.33. The lowest BCUT2D eigenvalue weighted by Gasteiger charge is -2.21. The van der Waals surface area contributed by atoms with Gasteiger partial charge in [0.05, 0.1) is 6.54 Å². The van der Waals surface area contributed by atoms with Crippen LogP contribution in [0, 0.1) is 0 Å². The lowest BCUT2D eigenvalue weighted by atomic mass is 10.1. The Kier molecular flexibility index (Phi) is 2.98. The summed E-state index contributed by atoms with van der Waals surface area (Å²) in [7, 11) is 0. The Balaban J connectivity index is 2.11. The van der Waals surface area contributed by atoms with E-state index in [1.807, 2.05) is 29.2 Å². The van der Waals surface area contributed by atoms with Gasteiger partial charge in [0.2, 0.25) is 0 Å². The molecule has 4 heteroatoms. The topological polar surface area (TPSA) is 29.3 Å². The molecule has 0 aliphatic carbocycles. The number of nitrogens with two attached hydrogens (primary N) is 1. The summed E-state index contributed by atoms with van der Waals surface area (Å²) >= 11 is 3.38. The summed E-state index contributed by atoms with van der Waals surface area (Å²) in [5, 5.41) is 0. The zero-order chi connectivity index (χ0) is 10.9. The van der Waals surface area contributed by atoms with Crippen LogP contribution in [0.3, 0.4) is 0 Å². The first-order chi connectivity index (χ1) is 7.13. The molecule has 82 valence electrons. The monoisotopic (exact) mass is 272 g/mol. The zero-order valence-corrected chi connectivity index (χ0v) is 10.0. The molecule has 1 heterocycles. The van der Waals surface area contributed by atoms with Crippen LogP contribution in [0.2, 0.25) is 0 Å². The summed E-state index contributed by atoms with van der Waals surface area (Å²) < 4.78 is 14.9. The Labute approximate surface area is 97.4 Å². The summed E-state index contributed by atoms with van der Waals surface area (Å²) in [4.78, 5) is 2.04. The van der Waals surface area contributed by atoms with Gasteiger partial charge in [-0.1, -0.05) is 15.9 Å². The van der Waals surface area contributed by atoms with Crippen molar-refractivity contribution in [2.45, 2.75) is 12.1 Å². The lowest BCUT2D eigenvalue weighted by molar-refractivity contribution is 0.204. The lowest BCUT2D eigenvalue weighted by Crippen LogP contribution is -2.36. The van der Waals surface area contributed by atoms with Crippen molar-refractivity contribution in [1.82, 2.24) is 0 Å². The molecule has 1 fully saturated rings. The number of hydrogen-bond donors (Lipinski definition) is 1. The highest BCUT2D eigenvalue weighted by Gasteiger charge is 2.36. The molecule has 1 aromatic rings. The highest BCUT2D eigenvalue weighted by molar-refractivity contribution is 9.10. The van der Waals surface area contributed by atoms with Crippen LogP contribution >= 0.6 is 15.9 Å². The second kappa shape index (κ2) is 4.10. The van der Waals surface area contributed by atoms with E-state index in [0.29, 0.717) is 13.0 Å². The van der Waals surface area contributed by atoms with E-state index in [1.54, 1.807) is 0 Å². The third-order valence-electron chi connectivity index (χ3n) is 2.86. The van der Waals surface area contributed by atoms with Gasteiger partial charge in [-0.15, -0.1) is 0 Å². The summed E-state index contributed by atoms with van der Waals surface area (Å²) in [5.74, 6) is 0. The smallest absolute Gasteiger partial charge is 0.142 e. The molecule has 1 aliphatic rings. The number of hydrogen-bond acceptors (Lipinski definition) is 2. The normalized spacial score (nSPS) is 25.9. The van der Waals surface area contributed by atoms with Gasteiger partial charge >= 0.3 is 0 Å². The van der Waals surface area contributed by atoms with Crippen molar-refractivity contribution in [3.05, 3.63) is 28.7 Å². The van der Waals surface area contributed by atoms with Crippen molar-refractivity contribution in [2.24, 2.45) is 5.73 Å². The van der Waals surface area contributed by atoms with Crippen molar-refractivity contribution < 1.29 is 4.39 Å². The van der Waals surface area contributed by atoms with Crippen molar-refractivity contribution in [3.63, 3.8) is 0 Å². The zero-order valence-electron chi connectivity index (χ0n) is 8.42. The molecule has 1 atom stereocenters. The maximum Gasteiger partial charge on any atom is 0.142 e. The molecule has 0 aromatic heterocycles. The summed E-state index contributed by atoms with van der Waals surface area (Å²) in [6.07, 6.45) is 0.527. The van der Waals surface area contributed by atoms with E-state index < -0.39 is 5.67 Å².